The van der Waals surface area contributed by atoms with Crippen LogP contribution < -0.4 is 16.8 Å². The highest BCUT2D eigenvalue weighted by atomic mass is 16.4. The van der Waals surface area contributed by atoms with Gasteiger partial charge in [0.15, 0.2) is 28.6 Å². The molecular formula is C57H68N6O16. The van der Waals surface area contributed by atoms with Gasteiger partial charge in [0.05, 0.1) is 35.7 Å². The molecule has 1 aromatic heterocycles. The van der Waals surface area contributed by atoms with Gasteiger partial charge in [-0.15, -0.1) is 0 Å². The molecule has 79 heavy (non-hydrogen) atoms. The third-order valence-electron chi connectivity index (χ3n) is 16.3. The number of carbonyl (C=O) groups excluding carboxylic acids is 7. The highest BCUT2D eigenvalue weighted by Gasteiger charge is 2.66. The molecule has 6 aliphatic rings. The number of phenolic OH excluding ortho intramolecular Hbond substituents is 2. The third kappa shape index (κ3) is 9.12. The molecule has 422 valence electrons. The van der Waals surface area contributed by atoms with E-state index in [1.54, 1.807) is 32.5 Å². The lowest BCUT2D eigenvalue weighted by atomic mass is 9.57. The van der Waals surface area contributed by atoms with E-state index >= 15 is 0 Å². The van der Waals surface area contributed by atoms with Crippen molar-refractivity contribution in [3.63, 3.8) is 0 Å². The first kappa shape index (κ1) is 57.7. The number of nitrogens with zero attached hydrogens (tertiary/aromatic N) is 3. The summed E-state index contributed by atoms with van der Waals surface area (Å²) in [6.07, 6.45) is 3.30. The van der Waals surface area contributed by atoms with Crippen molar-refractivity contribution in [2.45, 2.75) is 89.8 Å². The van der Waals surface area contributed by atoms with Crippen LogP contribution in [0.15, 0.2) is 69.0 Å². The number of nitrogens with one attached hydrogen (secondary N) is 1. The predicted octanol–water partition coefficient (Wildman–Crippen LogP) is 2.59. The number of fused-ring (bicyclic) bond motifs is 6. The van der Waals surface area contributed by atoms with Crippen LogP contribution in [-0.4, -0.2) is 168 Å². The first-order valence-corrected chi connectivity index (χ1v) is 25.7. The SMILES string of the molecule is CC(=O)c1cc(CNCC(C)(C)C)c(O)c2c1C[C@H]1C[C@H]3[C@H](N(C)C)C(=O)C(C(N)=O)=C(O)[C@@]3(O)C(=O)C1=C2O.CN(C)Cc1cc(-c2ccoc2)c2c(c1O)C(O)=C1C(=O)[C@]3(O)C(O)=C(C(N)=O)C(=O)[C@@H](N(C)C)[C@@H]3C[C@@H]1C2. The van der Waals surface area contributed by atoms with E-state index in [-0.39, 0.29) is 82.8 Å². The van der Waals surface area contributed by atoms with Crippen LogP contribution in [0, 0.1) is 29.1 Å². The summed E-state index contributed by atoms with van der Waals surface area (Å²) in [5.74, 6) is -14.2. The Hall–Kier alpha value is -7.47. The maximum Gasteiger partial charge on any atom is 0.255 e. The first-order chi connectivity index (χ1) is 36.7. The number of benzene rings is 2. The summed E-state index contributed by atoms with van der Waals surface area (Å²) in [5, 5.41) is 94.2. The number of rotatable bonds is 11. The van der Waals surface area contributed by atoms with Crippen LogP contribution >= 0.6 is 0 Å². The Morgan fingerprint density at radius 3 is 1.57 bits per heavy atom. The van der Waals surface area contributed by atoms with Crippen molar-refractivity contribution in [1.82, 2.24) is 20.0 Å². The second-order valence-electron chi connectivity index (χ2n) is 23.5. The zero-order chi connectivity index (χ0) is 58.6. The summed E-state index contributed by atoms with van der Waals surface area (Å²) in [4.78, 5) is 96.2. The molecule has 2 fully saturated rings. The number of hydrogen-bond acceptors (Lipinski definition) is 20. The molecule has 22 heteroatoms. The number of Topliss-reactive ketones (excluding diaryl/α,β-unsaturated/α-hetero) is 5. The van der Waals surface area contributed by atoms with Crippen LogP contribution in [0.25, 0.3) is 22.6 Å². The zero-order valence-electron chi connectivity index (χ0n) is 45.6. The monoisotopic (exact) mass is 1090 g/mol. The van der Waals surface area contributed by atoms with E-state index in [4.69, 9.17) is 15.9 Å². The van der Waals surface area contributed by atoms with Crippen molar-refractivity contribution in [1.29, 1.82) is 0 Å². The lowest BCUT2D eigenvalue weighted by molar-refractivity contribution is -0.155. The van der Waals surface area contributed by atoms with Gasteiger partial charge in [-0.3, -0.25) is 43.4 Å². The largest absolute Gasteiger partial charge is 0.508 e. The average Bonchev–Trinajstić information content (AvgIpc) is 2.81. The average molecular weight is 1090 g/mol. The van der Waals surface area contributed by atoms with Gasteiger partial charge < -0.3 is 67.0 Å². The normalized spacial score (nSPS) is 26.6. The maximum atomic E-state index is 14.0. The molecule has 3 aromatic rings. The van der Waals surface area contributed by atoms with Gasteiger partial charge in [0.2, 0.25) is 11.6 Å². The zero-order valence-corrected chi connectivity index (χ0v) is 45.6. The molecule has 0 radical (unpaired) electrons. The Labute approximate surface area is 455 Å². The standard InChI is InChI=1S/C29H37N3O8.C28H31N3O8/c1-12(33)15-8-14(10-31-11-28(2,3)4)22(34)19-16(15)7-13-9-17-21(32(5)6)24(36)20(27(30)39)26(38)29(17,40)25(37)18(13)23(19)35;1-30(2)10-14-8-15(12-5-6-39-11-12)16-7-13-9-17-21(31(3)4)24(34)20(27(29)37)26(36)28(17,38)25(35)18(13)23(33)19(16)22(14)32/h8,13,17,21,31,34-35,38,40H,7,9-11H2,1-6H3,(H2,30,39);5-6,8,11,13,17,21,32-33,36,38H,7,9-10H2,1-4H3,(H2,29,37)/t13-,17-,21-,29-;13-,17-,21-,28-/m00/s1. The van der Waals surface area contributed by atoms with E-state index < -0.39 is 116 Å². The van der Waals surface area contributed by atoms with E-state index in [1.807, 2.05) is 45.8 Å². The second kappa shape index (κ2) is 20.3. The predicted molar refractivity (Wildman–Crippen MR) is 285 cm³/mol. The van der Waals surface area contributed by atoms with Gasteiger partial charge in [-0.1, -0.05) is 20.8 Å². The molecule has 0 spiro atoms. The number of likely N-dealkylation sites (N-methyl/N-ethyl adjacent to an activating group) is 2. The van der Waals surface area contributed by atoms with Crippen molar-refractivity contribution in [2.75, 3.05) is 48.8 Å². The number of aliphatic hydroxyl groups is 6. The minimum absolute atomic E-state index is 0.0246. The summed E-state index contributed by atoms with van der Waals surface area (Å²) in [5.41, 5.74) is 6.59. The molecule has 0 aliphatic heterocycles. The highest BCUT2D eigenvalue weighted by Crippen LogP contribution is 2.56. The lowest BCUT2D eigenvalue weighted by Crippen LogP contribution is -2.65. The minimum atomic E-state index is -2.71. The number of carbonyl (C=O) groups is 7. The van der Waals surface area contributed by atoms with Crippen LogP contribution in [-0.2, 0) is 54.7 Å². The van der Waals surface area contributed by atoms with Crippen molar-refractivity contribution < 1.29 is 78.8 Å². The highest BCUT2D eigenvalue weighted by molar-refractivity contribution is 6.26. The lowest BCUT2D eigenvalue weighted by Gasteiger charge is -2.50. The number of aromatic hydroxyl groups is 2. The Balaban J connectivity index is 0.000000208. The quantitative estimate of drug-likeness (QED) is 0.0971. The van der Waals surface area contributed by atoms with Crippen molar-refractivity contribution in [3.8, 4) is 22.6 Å². The van der Waals surface area contributed by atoms with Crippen LogP contribution in [0.5, 0.6) is 11.5 Å². The Kier molecular flexibility index (Phi) is 14.8. The van der Waals surface area contributed by atoms with Gasteiger partial charge in [0.1, 0.15) is 45.7 Å². The fourth-order valence-corrected chi connectivity index (χ4v) is 12.9. The summed E-state index contributed by atoms with van der Waals surface area (Å²) in [7, 11) is 9.84. The van der Waals surface area contributed by atoms with E-state index in [0.29, 0.717) is 46.5 Å². The van der Waals surface area contributed by atoms with Crippen molar-refractivity contribution in [3.05, 3.63) is 103 Å². The number of amides is 2. The molecule has 2 amide bonds. The van der Waals surface area contributed by atoms with Gasteiger partial charge in [0, 0.05) is 64.9 Å². The number of nitrogens with two attached hydrogens (primary N) is 2. The van der Waals surface area contributed by atoms with Crippen LogP contribution in [0.4, 0.5) is 0 Å². The number of aliphatic hydroxyl groups excluding tert-OH is 4. The van der Waals surface area contributed by atoms with Gasteiger partial charge in [-0.2, -0.15) is 0 Å². The second-order valence-corrected chi connectivity index (χ2v) is 23.5. The number of furan rings is 1. The summed E-state index contributed by atoms with van der Waals surface area (Å²) in [6, 6.07) is 2.84. The molecule has 0 bridgehead atoms. The third-order valence-corrected chi connectivity index (χ3v) is 16.3. The van der Waals surface area contributed by atoms with E-state index in [1.165, 1.54) is 37.1 Å². The Morgan fingerprint density at radius 1 is 0.709 bits per heavy atom. The Bertz CT molecular complexity index is 3300. The molecule has 2 saturated carbocycles. The molecule has 2 aromatic carbocycles. The van der Waals surface area contributed by atoms with E-state index in [2.05, 4.69) is 5.32 Å². The summed E-state index contributed by atoms with van der Waals surface area (Å²) < 4.78 is 5.29. The fourth-order valence-electron chi connectivity index (χ4n) is 12.9. The number of phenols is 2. The van der Waals surface area contributed by atoms with Crippen molar-refractivity contribution in [2.24, 2.45) is 40.6 Å². The van der Waals surface area contributed by atoms with Crippen LogP contribution in [0.2, 0.25) is 0 Å². The molecule has 0 unspecified atom stereocenters. The molecule has 9 rings (SSSR count). The molecule has 6 aliphatic carbocycles. The molecule has 22 nitrogen and oxygen atoms in total. The number of ketones is 5. The number of hydrogen-bond donors (Lipinski definition) is 11. The van der Waals surface area contributed by atoms with Gasteiger partial charge in [-0.05, 0) is 127 Å². The van der Waals surface area contributed by atoms with Gasteiger partial charge in [0.25, 0.3) is 11.8 Å². The summed E-state index contributed by atoms with van der Waals surface area (Å²) in [6.45, 7) is 8.57. The fraction of sp³-hybridized carbons (Fsp3) is 0.456. The van der Waals surface area contributed by atoms with E-state index in [0.717, 1.165) is 0 Å². The molecular weight excluding hydrogens is 1020 g/mol. The molecule has 1 heterocycles. The molecule has 0 saturated heterocycles. The van der Waals surface area contributed by atoms with E-state index in [9.17, 15) is 74.4 Å². The molecule has 13 N–H and O–H groups in total. The van der Waals surface area contributed by atoms with Gasteiger partial charge in [-0.25, -0.2) is 0 Å². The topological polar surface area (TPSA) is 368 Å². The smallest absolute Gasteiger partial charge is 0.255 e. The van der Waals surface area contributed by atoms with Crippen molar-refractivity contribution >= 4 is 52.2 Å². The molecule has 8 atom stereocenters. The maximum absolute atomic E-state index is 14.0. The first-order valence-electron chi connectivity index (χ1n) is 25.7. The summed E-state index contributed by atoms with van der Waals surface area (Å²) >= 11 is 0. The van der Waals surface area contributed by atoms with Gasteiger partial charge >= 0.3 is 0 Å². The minimum Gasteiger partial charge on any atom is -0.508 e. The van der Waals surface area contributed by atoms with Crippen LogP contribution in [0.1, 0.15) is 84.3 Å². The number of primary amides is 2. The Morgan fingerprint density at radius 2 is 1.16 bits per heavy atom. The van der Waals surface area contributed by atoms with Crippen LogP contribution in [0.3, 0.4) is 0 Å².